The molecule has 6 unspecified atom stereocenters. The lowest BCUT2D eigenvalue weighted by atomic mass is 9.51. The van der Waals surface area contributed by atoms with Crippen LogP contribution in [0.15, 0.2) is 84.4 Å². The van der Waals surface area contributed by atoms with Gasteiger partial charge in [-0.05, 0) is 68.4 Å². The van der Waals surface area contributed by atoms with Crippen molar-refractivity contribution in [2.45, 2.75) is 51.1 Å². The average Bonchev–Trinajstić information content (AvgIpc) is 3.52. The summed E-state index contributed by atoms with van der Waals surface area (Å²) >= 11 is 6.13. The Morgan fingerprint density at radius 1 is 0.923 bits per heavy atom. The number of anilines is 1. The summed E-state index contributed by atoms with van der Waals surface area (Å²) in [6.07, 6.45) is 3.96. The van der Waals surface area contributed by atoms with Gasteiger partial charge in [0.2, 0.25) is 23.6 Å². The first-order valence-electron chi connectivity index (χ1n) is 18.1. The zero-order valence-corrected chi connectivity index (χ0v) is 29.7. The smallest absolute Gasteiger partial charge is 0.241 e. The molecule has 5 aliphatic rings. The van der Waals surface area contributed by atoms with Gasteiger partial charge in [0.15, 0.2) is 0 Å². The number of likely N-dealkylation sites (tertiary alicyclic amines) is 2. The molecule has 3 aromatic carbocycles. The van der Waals surface area contributed by atoms with Crippen molar-refractivity contribution in [1.82, 2.24) is 9.80 Å². The molecule has 4 fully saturated rings. The van der Waals surface area contributed by atoms with Crippen LogP contribution in [0.2, 0.25) is 5.02 Å². The van der Waals surface area contributed by atoms with Gasteiger partial charge in [-0.15, -0.1) is 0 Å². The molecule has 9 nitrogen and oxygen atoms in total. The SMILES string of the molecule is CC12C(=O)N(c3ccc(F)c(Cl)c3)C(=O)C1CC1C(=CCC3C(=O)N(C4CCN(Cc5ccccc5)CC4)C(=O)C31)C2c1ccccc1OCCO. The molecule has 52 heavy (non-hydrogen) atoms. The third-order valence-corrected chi connectivity index (χ3v) is 12.5. The molecule has 0 aromatic heterocycles. The zero-order chi connectivity index (χ0) is 36.3. The second kappa shape index (κ2) is 13.5. The molecule has 1 saturated carbocycles. The highest BCUT2D eigenvalue weighted by Gasteiger charge is 2.68. The number of aliphatic hydroxyl groups is 1. The Kier molecular flexibility index (Phi) is 9.04. The van der Waals surface area contributed by atoms with E-state index in [9.17, 15) is 28.7 Å². The van der Waals surface area contributed by atoms with Crippen molar-refractivity contribution in [3.63, 3.8) is 0 Å². The molecule has 11 heteroatoms. The van der Waals surface area contributed by atoms with Crippen molar-refractivity contribution in [2.24, 2.45) is 29.1 Å². The molecule has 270 valence electrons. The lowest BCUT2D eigenvalue weighted by molar-refractivity contribution is -0.144. The highest BCUT2D eigenvalue weighted by Crippen LogP contribution is 2.64. The summed E-state index contributed by atoms with van der Waals surface area (Å²) in [6, 6.07) is 21.1. The number of nitrogens with zero attached hydrogens (tertiary/aromatic N) is 3. The van der Waals surface area contributed by atoms with Crippen LogP contribution in [-0.4, -0.2) is 70.9 Å². The van der Waals surface area contributed by atoms with Gasteiger partial charge in [-0.2, -0.15) is 0 Å². The van der Waals surface area contributed by atoms with Crippen LogP contribution in [-0.2, 0) is 25.7 Å². The van der Waals surface area contributed by atoms with Crippen molar-refractivity contribution in [2.75, 3.05) is 31.2 Å². The van der Waals surface area contributed by atoms with Gasteiger partial charge in [-0.1, -0.05) is 71.8 Å². The predicted octanol–water partition coefficient (Wildman–Crippen LogP) is 5.75. The van der Waals surface area contributed by atoms with E-state index < -0.39 is 52.6 Å². The van der Waals surface area contributed by atoms with E-state index in [4.69, 9.17) is 16.3 Å². The number of allylic oxidation sites excluding steroid dienone is 2. The third kappa shape index (κ3) is 5.49. The van der Waals surface area contributed by atoms with E-state index in [1.54, 1.807) is 19.1 Å². The highest BCUT2D eigenvalue weighted by molar-refractivity contribution is 6.31. The molecule has 0 spiro atoms. The number of benzene rings is 3. The number of carbonyl (C=O) groups is 4. The molecule has 0 radical (unpaired) electrons. The molecule has 2 aliphatic carbocycles. The Hall–Kier alpha value is -4.38. The van der Waals surface area contributed by atoms with Crippen LogP contribution in [0.5, 0.6) is 5.75 Å². The first-order valence-corrected chi connectivity index (χ1v) is 18.5. The van der Waals surface area contributed by atoms with E-state index in [0.29, 0.717) is 30.6 Å². The van der Waals surface area contributed by atoms with E-state index >= 15 is 0 Å². The maximum Gasteiger partial charge on any atom is 0.241 e. The molecule has 8 rings (SSSR count). The molecule has 3 aromatic rings. The molecule has 3 aliphatic heterocycles. The fourth-order valence-corrected chi connectivity index (χ4v) is 9.97. The van der Waals surface area contributed by atoms with E-state index in [2.05, 4.69) is 17.0 Å². The third-order valence-electron chi connectivity index (χ3n) is 12.2. The summed E-state index contributed by atoms with van der Waals surface area (Å²) in [5.41, 5.74) is 1.61. The number of hydrogen-bond acceptors (Lipinski definition) is 7. The monoisotopic (exact) mass is 725 g/mol. The molecule has 6 atom stereocenters. The number of halogens is 2. The van der Waals surface area contributed by atoms with Crippen LogP contribution in [0.25, 0.3) is 0 Å². The Morgan fingerprint density at radius 2 is 1.65 bits per heavy atom. The molecular formula is C41H41ClFN3O6. The van der Waals surface area contributed by atoms with Gasteiger partial charge in [-0.25, -0.2) is 9.29 Å². The summed E-state index contributed by atoms with van der Waals surface area (Å²) < 4.78 is 20.2. The summed E-state index contributed by atoms with van der Waals surface area (Å²) in [6.45, 7) is 3.95. The van der Waals surface area contributed by atoms with Gasteiger partial charge in [0, 0.05) is 37.2 Å². The number of ether oxygens (including phenoxy) is 1. The first-order chi connectivity index (χ1) is 25.1. The number of carbonyl (C=O) groups excluding carboxylic acids is 4. The normalized spacial score (nSPS) is 29.2. The molecule has 3 saturated heterocycles. The van der Waals surface area contributed by atoms with E-state index in [1.165, 1.54) is 22.6 Å². The summed E-state index contributed by atoms with van der Waals surface area (Å²) in [5.74, 6) is -4.66. The van der Waals surface area contributed by atoms with Crippen molar-refractivity contribution >= 4 is 40.9 Å². The molecule has 3 heterocycles. The minimum atomic E-state index is -1.30. The molecule has 0 bridgehead atoms. The van der Waals surface area contributed by atoms with Gasteiger partial charge in [0.05, 0.1) is 40.5 Å². The van der Waals surface area contributed by atoms with Gasteiger partial charge in [0.1, 0.15) is 18.2 Å². The second-order valence-corrected chi connectivity index (χ2v) is 15.3. The van der Waals surface area contributed by atoms with Gasteiger partial charge in [0.25, 0.3) is 0 Å². The lowest BCUT2D eigenvalue weighted by Gasteiger charge is -2.49. The quantitative estimate of drug-likeness (QED) is 0.233. The summed E-state index contributed by atoms with van der Waals surface area (Å²) in [5, 5.41) is 9.40. The zero-order valence-electron chi connectivity index (χ0n) is 28.9. The Labute approximate surface area is 307 Å². The van der Waals surface area contributed by atoms with Crippen LogP contribution in [0.1, 0.15) is 49.7 Å². The Morgan fingerprint density at radius 3 is 2.38 bits per heavy atom. The minimum Gasteiger partial charge on any atom is -0.491 e. The van der Waals surface area contributed by atoms with E-state index in [-0.39, 0.29) is 48.2 Å². The number of para-hydroxylation sites is 1. The molecule has 1 N–H and O–H groups in total. The Bertz CT molecular complexity index is 1960. The maximum absolute atomic E-state index is 14.7. The van der Waals surface area contributed by atoms with Gasteiger partial charge >= 0.3 is 0 Å². The van der Waals surface area contributed by atoms with Crippen LogP contribution in [0.4, 0.5) is 10.1 Å². The topological polar surface area (TPSA) is 107 Å². The largest absolute Gasteiger partial charge is 0.491 e. The van der Waals surface area contributed by atoms with Crippen LogP contribution >= 0.6 is 11.6 Å². The lowest BCUT2D eigenvalue weighted by Crippen LogP contribution is -2.49. The standard InChI is InChI=1S/C41H41ClFN3O6/c1-41-31(38(49)46(40(41)51)26-11-14-33(43)32(42)21-26)22-30-27(36(41)28-9-5-6-10-34(28)52-20-19-47)12-13-29-35(30)39(50)45(37(29)48)25-15-17-44(18-16-25)23-24-7-3-2-4-8-24/h2-12,14,21,25,29-31,35-36,47H,13,15-20,22-23H2,1H3. The fraction of sp³-hybridized carbons (Fsp3) is 0.415. The maximum atomic E-state index is 14.7. The number of piperidine rings is 1. The van der Waals surface area contributed by atoms with Crippen LogP contribution in [0.3, 0.4) is 0 Å². The number of hydrogen-bond donors (Lipinski definition) is 1. The number of rotatable bonds is 8. The minimum absolute atomic E-state index is 0.0241. The Balaban J connectivity index is 1.14. The fourth-order valence-electron chi connectivity index (χ4n) is 9.80. The second-order valence-electron chi connectivity index (χ2n) is 14.9. The van der Waals surface area contributed by atoms with Crippen molar-refractivity contribution in [3.05, 3.63) is 106 Å². The van der Waals surface area contributed by atoms with Crippen LogP contribution < -0.4 is 9.64 Å². The molecule has 4 amide bonds. The van der Waals surface area contributed by atoms with Gasteiger partial charge in [-0.3, -0.25) is 29.0 Å². The van der Waals surface area contributed by atoms with Crippen LogP contribution in [0, 0.1) is 34.9 Å². The average molecular weight is 726 g/mol. The van der Waals surface area contributed by atoms with E-state index in [0.717, 1.165) is 36.2 Å². The summed E-state index contributed by atoms with van der Waals surface area (Å²) in [4.78, 5) is 63.0. The van der Waals surface area contributed by atoms with Crippen molar-refractivity contribution < 1.29 is 33.4 Å². The molecular weight excluding hydrogens is 685 g/mol. The van der Waals surface area contributed by atoms with Gasteiger partial charge < -0.3 is 9.84 Å². The number of imide groups is 2. The van der Waals surface area contributed by atoms with E-state index in [1.807, 2.05) is 36.4 Å². The first kappa shape index (κ1) is 34.7. The number of aliphatic hydroxyl groups excluding tert-OH is 1. The van der Waals surface area contributed by atoms with Crippen molar-refractivity contribution in [1.29, 1.82) is 0 Å². The number of amides is 4. The number of fused-ring (bicyclic) bond motifs is 4. The highest BCUT2D eigenvalue weighted by atomic mass is 35.5. The summed E-state index contributed by atoms with van der Waals surface area (Å²) in [7, 11) is 0. The predicted molar refractivity (Wildman–Crippen MR) is 192 cm³/mol. The van der Waals surface area contributed by atoms with Crippen molar-refractivity contribution in [3.8, 4) is 5.75 Å².